The number of halogens is 2. The molecule has 0 aliphatic carbocycles. The predicted molar refractivity (Wildman–Crippen MR) is 109 cm³/mol. The van der Waals surface area contributed by atoms with Crippen molar-refractivity contribution in [3.05, 3.63) is 98.4 Å². The predicted octanol–water partition coefficient (Wildman–Crippen LogP) is 5.61. The molecule has 0 aliphatic rings. The highest BCUT2D eigenvalue weighted by atomic mass is 79.9. The van der Waals surface area contributed by atoms with Crippen molar-refractivity contribution in [1.82, 2.24) is 0 Å². The van der Waals surface area contributed by atoms with Crippen molar-refractivity contribution in [3.8, 4) is 5.75 Å². The number of aromatic hydroxyl groups is 1. The molecule has 7 heteroatoms. The molecule has 2 N–H and O–H groups in total. The Morgan fingerprint density at radius 1 is 0.808 bits per heavy atom. The van der Waals surface area contributed by atoms with Crippen molar-refractivity contribution < 1.29 is 19.1 Å². The fourth-order valence-electron chi connectivity index (χ4n) is 2.92. The second kappa shape index (κ2) is 8.07. The molecule has 0 saturated heterocycles. The van der Waals surface area contributed by atoms with Gasteiger partial charge in [0.2, 0.25) is 0 Å². The number of phenolic OH excluding ortho intramolecular Hbond substituents is 1. The lowest BCUT2D eigenvalue weighted by Gasteiger charge is -2.34. The van der Waals surface area contributed by atoms with Crippen LogP contribution in [-0.4, -0.2) is 10.00 Å². The molecule has 26 heavy (non-hydrogen) atoms. The minimum Gasteiger partial charge on any atom is -0.506 e. The monoisotopic (exact) mass is 496 g/mol. The lowest BCUT2D eigenvalue weighted by molar-refractivity contribution is 0.145. The zero-order valence-electron chi connectivity index (χ0n) is 13.4. The molecule has 0 bridgehead atoms. The second-order valence-corrected chi connectivity index (χ2v) is 8.01. The number of hydrogen-bond donors (Lipinski definition) is 2. The summed E-state index contributed by atoms with van der Waals surface area (Å²) in [4.78, 5) is 9.72. The minimum absolute atomic E-state index is 0.0421. The van der Waals surface area contributed by atoms with Crippen molar-refractivity contribution in [2.24, 2.45) is 0 Å². The van der Waals surface area contributed by atoms with Gasteiger partial charge in [-0.3, -0.25) is 9.09 Å². The fourth-order valence-corrected chi connectivity index (χ4v) is 4.72. The molecule has 0 saturated carbocycles. The van der Waals surface area contributed by atoms with Crippen LogP contribution >= 0.6 is 40.1 Å². The first kappa shape index (κ1) is 19.3. The molecule has 1 unspecified atom stereocenters. The minimum atomic E-state index is -3.31. The van der Waals surface area contributed by atoms with Crippen molar-refractivity contribution in [2.75, 3.05) is 0 Å². The van der Waals surface area contributed by atoms with Gasteiger partial charge >= 0.3 is 8.25 Å². The molecule has 0 amide bonds. The smallest absolute Gasteiger partial charge is 0.318 e. The summed E-state index contributed by atoms with van der Waals surface area (Å²) >= 11 is 6.67. The average Bonchev–Trinajstić information content (AvgIpc) is 2.65. The maximum absolute atomic E-state index is 11.9. The van der Waals surface area contributed by atoms with Crippen LogP contribution in [-0.2, 0) is 14.7 Å². The largest absolute Gasteiger partial charge is 0.506 e. The summed E-state index contributed by atoms with van der Waals surface area (Å²) in [6.45, 7) is 0. The Labute approximate surface area is 168 Å². The molecule has 0 fully saturated rings. The van der Waals surface area contributed by atoms with E-state index in [0.717, 1.165) is 0 Å². The van der Waals surface area contributed by atoms with Gasteiger partial charge in [-0.1, -0.05) is 60.7 Å². The maximum Gasteiger partial charge on any atom is 0.318 e. The summed E-state index contributed by atoms with van der Waals surface area (Å²) < 4.78 is 18.5. The third-order valence-corrected chi connectivity index (χ3v) is 5.71. The standard InChI is InChI=1S/C19H15Br2O4P/c20-16-11-15(12-17(21)18(16)22)19(25-26(23)24,13-7-3-1-4-8-13)14-9-5-2-6-10-14/h1-12,22,26H,(H,23,24). The van der Waals surface area contributed by atoms with Crippen LogP contribution in [0.2, 0.25) is 0 Å². The van der Waals surface area contributed by atoms with Gasteiger partial charge in [-0.15, -0.1) is 0 Å². The highest BCUT2D eigenvalue weighted by Gasteiger charge is 2.40. The highest BCUT2D eigenvalue weighted by molar-refractivity contribution is 9.11. The summed E-state index contributed by atoms with van der Waals surface area (Å²) in [6, 6.07) is 21.8. The van der Waals surface area contributed by atoms with E-state index in [0.29, 0.717) is 25.6 Å². The van der Waals surface area contributed by atoms with Crippen molar-refractivity contribution in [1.29, 1.82) is 0 Å². The van der Waals surface area contributed by atoms with Crippen molar-refractivity contribution in [2.45, 2.75) is 5.60 Å². The Balaban J connectivity index is 2.39. The molecule has 0 aromatic heterocycles. The normalized spacial score (nSPS) is 12.7. The van der Waals surface area contributed by atoms with E-state index in [1.807, 2.05) is 60.7 Å². The number of phenols is 1. The Bertz CT molecular complexity index is 870. The lowest BCUT2D eigenvalue weighted by Crippen LogP contribution is -2.30. The molecule has 0 heterocycles. The van der Waals surface area contributed by atoms with Gasteiger partial charge in [-0.05, 0) is 60.7 Å². The van der Waals surface area contributed by atoms with Crippen molar-refractivity contribution >= 4 is 40.1 Å². The van der Waals surface area contributed by atoms with Gasteiger partial charge in [0.15, 0.2) is 5.60 Å². The van der Waals surface area contributed by atoms with Crippen LogP contribution in [0, 0.1) is 0 Å². The van der Waals surface area contributed by atoms with E-state index < -0.39 is 13.9 Å². The Kier molecular flexibility index (Phi) is 6.00. The van der Waals surface area contributed by atoms with Crippen LogP contribution in [0.15, 0.2) is 81.7 Å². The van der Waals surface area contributed by atoms with E-state index in [2.05, 4.69) is 31.9 Å². The summed E-state index contributed by atoms with van der Waals surface area (Å²) in [5, 5.41) is 10.1. The molecule has 0 aliphatic heterocycles. The third kappa shape index (κ3) is 3.66. The van der Waals surface area contributed by atoms with Gasteiger partial charge in [-0.25, -0.2) is 0 Å². The SMILES string of the molecule is O=[PH](O)OC(c1ccccc1)(c1ccccc1)c1cc(Br)c(O)c(Br)c1. The molecule has 3 aromatic rings. The Hall–Kier alpha value is -1.43. The number of hydrogen-bond acceptors (Lipinski definition) is 3. The molecule has 1 atom stereocenters. The number of rotatable bonds is 5. The average molecular weight is 498 g/mol. The molecular formula is C19H15Br2O4P. The lowest BCUT2D eigenvalue weighted by atomic mass is 9.80. The maximum atomic E-state index is 11.9. The fraction of sp³-hybridized carbons (Fsp3) is 0.0526. The first-order valence-corrected chi connectivity index (χ1v) is 10.5. The third-order valence-electron chi connectivity index (χ3n) is 4.02. The van der Waals surface area contributed by atoms with Crippen LogP contribution in [0.25, 0.3) is 0 Å². The Morgan fingerprint density at radius 2 is 1.23 bits per heavy atom. The number of benzene rings is 3. The van der Waals surface area contributed by atoms with Gasteiger partial charge in [-0.2, -0.15) is 0 Å². The van der Waals surface area contributed by atoms with Crippen LogP contribution in [0.3, 0.4) is 0 Å². The molecular weight excluding hydrogens is 483 g/mol. The Morgan fingerprint density at radius 3 is 1.62 bits per heavy atom. The first-order valence-electron chi connectivity index (χ1n) is 7.66. The molecule has 0 radical (unpaired) electrons. The summed E-state index contributed by atoms with van der Waals surface area (Å²) in [5.74, 6) is 0.0421. The van der Waals surface area contributed by atoms with E-state index >= 15 is 0 Å². The van der Waals surface area contributed by atoms with Gasteiger partial charge in [0.1, 0.15) is 5.75 Å². The van der Waals surface area contributed by atoms with Crippen LogP contribution < -0.4 is 0 Å². The van der Waals surface area contributed by atoms with E-state index in [-0.39, 0.29) is 5.75 Å². The highest BCUT2D eigenvalue weighted by Crippen LogP contribution is 2.48. The van der Waals surface area contributed by atoms with Crippen LogP contribution in [0.1, 0.15) is 16.7 Å². The zero-order valence-corrected chi connectivity index (χ0v) is 17.6. The molecule has 4 nitrogen and oxygen atoms in total. The second-order valence-electron chi connectivity index (χ2n) is 5.57. The molecule has 3 aromatic carbocycles. The van der Waals surface area contributed by atoms with E-state index in [9.17, 15) is 14.6 Å². The molecule has 0 spiro atoms. The van der Waals surface area contributed by atoms with Gasteiger partial charge < -0.3 is 10.00 Å². The molecule has 134 valence electrons. The molecule has 3 rings (SSSR count). The van der Waals surface area contributed by atoms with Gasteiger partial charge in [0, 0.05) is 0 Å². The summed E-state index contributed by atoms with van der Waals surface area (Å²) in [5.41, 5.74) is 0.677. The van der Waals surface area contributed by atoms with Gasteiger partial charge in [0.25, 0.3) is 0 Å². The zero-order chi connectivity index (χ0) is 18.7. The van der Waals surface area contributed by atoms with E-state index in [1.165, 1.54) is 0 Å². The summed E-state index contributed by atoms with van der Waals surface area (Å²) in [7, 11) is -3.31. The van der Waals surface area contributed by atoms with Gasteiger partial charge in [0.05, 0.1) is 8.95 Å². The topological polar surface area (TPSA) is 66.8 Å². The quantitative estimate of drug-likeness (QED) is 0.355. The van der Waals surface area contributed by atoms with Crippen molar-refractivity contribution in [3.63, 3.8) is 0 Å². The van der Waals surface area contributed by atoms with Crippen LogP contribution in [0.4, 0.5) is 0 Å². The first-order chi connectivity index (χ1) is 12.4. The van der Waals surface area contributed by atoms with Crippen LogP contribution in [0.5, 0.6) is 5.75 Å². The van der Waals surface area contributed by atoms with E-state index in [1.54, 1.807) is 12.1 Å². The summed E-state index contributed by atoms with van der Waals surface area (Å²) in [6.07, 6.45) is 0. The van der Waals surface area contributed by atoms with E-state index in [4.69, 9.17) is 4.52 Å².